The number of nitrogens with zero attached hydrogens (tertiary/aromatic N) is 2. The standard InChI is InChI=1S/C22H31N3O7.C2H4O2/c1-22(2,3)32-19(28)13-24-9-10-25(17(21(24)30)12-18(27)31-4)20(29)16(23)11-14-5-7-15(26)8-6-14;1-2(3)4/h5-8,16-17,26H,9-13,23H2,1-4H3;1H3,(H,3,4)/t16-,17-;/m0./s1. The zero-order valence-electron chi connectivity index (χ0n) is 21.2. The molecule has 0 radical (unpaired) electrons. The summed E-state index contributed by atoms with van der Waals surface area (Å²) in [5, 5.41) is 16.8. The average molecular weight is 510 g/mol. The van der Waals surface area contributed by atoms with Crippen LogP contribution in [0.3, 0.4) is 0 Å². The minimum absolute atomic E-state index is 0.0958. The highest BCUT2D eigenvalue weighted by atomic mass is 16.6. The molecule has 36 heavy (non-hydrogen) atoms. The van der Waals surface area contributed by atoms with Crippen molar-refractivity contribution >= 4 is 29.7 Å². The molecular formula is C24H35N3O9. The lowest BCUT2D eigenvalue weighted by atomic mass is 10.0. The lowest BCUT2D eigenvalue weighted by molar-refractivity contribution is -0.164. The molecule has 0 saturated carbocycles. The number of aromatic hydroxyl groups is 1. The van der Waals surface area contributed by atoms with E-state index >= 15 is 0 Å². The van der Waals surface area contributed by atoms with Gasteiger partial charge in [0, 0.05) is 20.0 Å². The molecule has 0 aliphatic carbocycles. The molecule has 12 heteroatoms. The van der Waals surface area contributed by atoms with Crippen LogP contribution in [0.1, 0.15) is 39.7 Å². The van der Waals surface area contributed by atoms with Crippen LogP contribution in [0.5, 0.6) is 5.75 Å². The van der Waals surface area contributed by atoms with Crippen LogP contribution in [0.2, 0.25) is 0 Å². The van der Waals surface area contributed by atoms with E-state index in [-0.39, 0.29) is 38.2 Å². The number of piperazine rings is 1. The van der Waals surface area contributed by atoms with Crippen LogP contribution in [-0.4, -0.2) is 94.2 Å². The summed E-state index contributed by atoms with van der Waals surface area (Å²) in [5.74, 6) is -3.01. The number of nitrogens with two attached hydrogens (primary N) is 1. The van der Waals surface area contributed by atoms with Crippen LogP contribution in [0.25, 0.3) is 0 Å². The summed E-state index contributed by atoms with van der Waals surface area (Å²) in [4.78, 5) is 61.8. The van der Waals surface area contributed by atoms with E-state index in [4.69, 9.17) is 20.4 Å². The van der Waals surface area contributed by atoms with Crippen molar-refractivity contribution in [3.8, 4) is 5.75 Å². The number of amides is 2. The number of carboxylic acid groups (broad SMARTS) is 1. The van der Waals surface area contributed by atoms with E-state index in [9.17, 15) is 24.3 Å². The van der Waals surface area contributed by atoms with Crippen molar-refractivity contribution in [3.05, 3.63) is 29.8 Å². The summed E-state index contributed by atoms with van der Waals surface area (Å²) in [5.41, 5.74) is 6.14. The first kappa shape index (κ1) is 30.4. The van der Waals surface area contributed by atoms with E-state index in [2.05, 4.69) is 4.74 Å². The molecule has 1 aromatic carbocycles. The van der Waals surface area contributed by atoms with Crippen LogP contribution < -0.4 is 5.73 Å². The fourth-order valence-corrected chi connectivity index (χ4v) is 3.41. The van der Waals surface area contributed by atoms with E-state index in [1.54, 1.807) is 32.9 Å². The van der Waals surface area contributed by atoms with Crippen molar-refractivity contribution in [2.75, 3.05) is 26.7 Å². The van der Waals surface area contributed by atoms with Crippen LogP contribution in [-0.2, 0) is 39.9 Å². The molecule has 1 aliphatic heterocycles. The van der Waals surface area contributed by atoms with E-state index in [0.717, 1.165) is 12.5 Å². The van der Waals surface area contributed by atoms with Crippen LogP contribution in [0, 0.1) is 0 Å². The van der Waals surface area contributed by atoms with Crippen LogP contribution >= 0.6 is 0 Å². The summed E-state index contributed by atoms with van der Waals surface area (Å²) in [7, 11) is 1.19. The van der Waals surface area contributed by atoms with Crippen molar-refractivity contribution in [1.29, 1.82) is 0 Å². The monoisotopic (exact) mass is 509 g/mol. The number of carbonyl (C=O) groups excluding carboxylic acids is 4. The van der Waals surface area contributed by atoms with Gasteiger partial charge in [-0.15, -0.1) is 0 Å². The molecule has 12 nitrogen and oxygen atoms in total. The van der Waals surface area contributed by atoms with Gasteiger partial charge in [0.15, 0.2) is 0 Å². The Kier molecular flexibility index (Phi) is 11.3. The van der Waals surface area contributed by atoms with E-state index < -0.39 is 47.4 Å². The lowest BCUT2D eigenvalue weighted by Crippen LogP contribution is -2.62. The van der Waals surface area contributed by atoms with Gasteiger partial charge in [-0.25, -0.2) is 0 Å². The van der Waals surface area contributed by atoms with Crippen molar-refractivity contribution in [3.63, 3.8) is 0 Å². The maximum Gasteiger partial charge on any atom is 0.326 e. The smallest absolute Gasteiger partial charge is 0.326 e. The van der Waals surface area contributed by atoms with Crippen molar-refractivity contribution < 1.29 is 43.7 Å². The predicted molar refractivity (Wildman–Crippen MR) is 128 cm³/mol. The molecule has 2 amide bonds. The largest absolute Gasteiger partial charge is 0.508 e. The summed E-state index contributed by atoms with van der Waals surface area (Å²) >= 11 is 0. The number of rotatable bonds is 7. The third kappa shape index (κ3) is 10.3. The quantitative estimate of drug-likeness (QED) is 0.433. The normalized spacial score (nSPS) is 16.4. The Balaban J connectivity index is 0.00000150. The van der Waals surface area contributed by atoms with Gasteiger partial charge in [-0.05, 0) is 44.9 Å². The molecule has 200 valence electrons. The second-order valence-corrected chi connectivity index (χ2v) is 9.17. The van der Waals surface area contributed by atoms with Gasteiger partial charge in [0.2, 0.25) is 11.8 Å². The number of aliphatic carboxylic acids is 1. The number of hydrogen-bond donors (Lipinski definition) is 3. The molecule has 1 aliphatic rings. The van der Waals surface area contributed by atoms with E-state index in [1.807, 2.05) is 0 Å². The zero-order chi connectivity index (χ0) is 27.6. The Bertz CT molecular complexity index is 937. The maximum absolute atomic E-state index is 13.1. The topological polar surface area (TPSA) is 177 Å². The highest BCUT2D eigenvalue weighted by molar-refractivity contribution is 5.94. The van der Waals surface area contributed by atoms with Gasteiger partial charge in [-0.1, -0.05) is 12.1 Å². The SMILES string of the molecule is CC(=O)O.COC(=O)C[C@H]1C(=O)N(CC(=O)OC(C)(C)C)CCN1C(=O)[C@@H](N)Cc1ccc(O)cc1. The number of hydrogen-bond acceptors (Lipinski definition) is 9. The van der Waals surface area contributed by atoms with Gasteiger partial charge < -0.3 is 35.2 Å². The minimum Gasteiger partial charge on any atom is -0.508 e. The van der Waals surface area contributed by atoms with Gasteiger partial charge in [0.1, 0.15) is 23.9 Å². The average Bonchev–Trinajstić information content (AvgIpc) is 2.75. The summed E-state index contributed by atoms with van der Waals surface area (Å²) in [6.45, 7) is 6.18. The van der Waals surface area contributed by atoms with Crippen LogP contribution in [0.4, 0.5) is 0 Å². The Labute approximate surface area is 209 Å². The summed E-state index contributed by atoms with van der Waals surface area (Å²) < 4.78 is 9.96. The number of carbonyl (C=O) groups is 5. The highest BCUT2D eigenvalue weighted by Crippen LogP contribution is 2.19. The first-order valence-electron chi connectivity index (χ1n) is 11.3. The molecule has 1 aromatic rings. The number of phenolic OH excluding ortho intramolecular Hbond substituents is 1. The number of ether oxygens (including phenoxy) is 2. The summed E-state index contributed by atoms with van der Waals surface area (Å²) in [6.07, 6.45) is -0.159. The van der Waals surface area contributed by atoms with Crippen molar-refractivity contribution in [1.82, 2.24) is 9.80 Å². The molecule has 2 rings (SSSR count). The van der Waals surface area contributed by atoms with Crippen LogP contribution in [0.15, 0.2) is 24.3 Å². The van der Waals surface area contributed by atoms with Crippen molar-refractivity contribution in [2.45, 2.75) is 58.2 Å². The number of phenols is 1. The van der Waals surface area contributed by atoms with Gasteiger partial charge >= 0.3 is 11.9 Å². The molecule has 0 unspecified atom stereocenters. The Hall–Kier alpha value is -3.67. The van der Waals surface area contributed by atoms with E-state index in [0.29, 0.717) is 0 Å². The zero-order valence-corrected chi connectivity index (χ0v) is 21.2. The highest BCUT2D eigenvalue weighted by Gasteiger charge is 2.41. The summed E-state index contributed by atoms with van der Waals surface area (Å²) in [6, 6.07) is 4.20. The molecular weight excluding hydrogens is 474 g/mol. The second kappa shape index (κ2) is 13.4. The second-order valence-electron chi connectivity index (χ2n) is 9.17. The number of methoxy groups -OCH3 is 1. The number of benzene rings is 1. The number of carboxylic acids is 1. The maximum atomic E-state index is 13.1. The fourth-order valence-electron chi connectivity index (χ4n) is 3.41. The molecule has 4 N–H and O–H groups in total. The first-order chi connectivity index (χ1) is 16.6. The van der Waals surface area contributed by atoms with Gasteiger partial charge in [0.25, 0.3) is 5.97 Å². The van der Waals surface area contributed by atoms with Gasteiger partial charge in [0.05, 0.1) is 19.6 Å². The van der Waals surface area contributed by atoms with E-state index in [1.165, 1.54) is 29.0 Å². The molecule has 1 heterocycles. The number of esters is 2. The minimum atomic E-state index is -1.13. The molecule has 1 saturated heterocycles. The third-order valence-electron chi connectivity index (χ3n) is 4.90. The van der Waals surface area contributed by atoms with Gasteiger partial charge in [-0.3, -0.25) is 24.0 Å². The molecule has 0 bridgehead atoms. The molecule has 2 atom stereocenters. The molecule has 1 fully saturated rings. The molecule has 0 aromatic heterocycles. The predicted octanol–water partition coefficient (Wildman–Crippen LogP) is 0.297. The van der Waals surface area contributed by atoms with Crippen molar-refractivity contribution in [2.24, 2.45) is 5.73 Å². The third-order valence-corrected chi connectivity index (χ3v) is 4.90. The Morgan fingerprint density at radius 2 is 1.67 bits per heavy atom. The lowest BCUT2D eigenvalue weighted by Gasteiger charge is -2.41. The Morgan fingerprint density at radius 1 is 1.11 bits per heavy atom. The fraction of sp³-hybridized carbons (Fsp3) is 0.542. The first-order valence-corrected chi connectivity index (χ1v) is 11.3. The van der Waals surface area contributed by atoms with Gasteiger partial charge in [-0.2, -0.15) is 0 Å². The Morgan fingerprint density at radius 3 is 2.17 bits per heavy atom. The molecule has 0 spiro atoms.